The summed E-state index contributed by atoms with van der Waals surface area (Å²) in [5.74, 6) is 1.67. The molecule has 0 radical (unpaired) electrons. The van der Waals surface area contributed by atoms with Gasteiger partial charge >= 0.3 is 0 Å². The number of fused-ring (bicyclic) bond motifs is 1. The number of anilines is 1. The van der Waals surface area contributed by atoms with Crippen molar-refractivity contribution in [1.82, 2.24) is 4.98 Å². The van der Waals surface area contributed by atoms with E-state index in [4.69, 9.17) is 9.47 Å². The van der Waals surface area contributed by atoms with E-state index in [1.165, 1.54) is 11.1 Å². The van der Waals surface area contributed by atoms with Crippen LogP contribution in [0.1, 0.15) is 31.0 Å². The molecule has 1 N–H and O–H groups in total. The lowest BCUT2D eigenvalue weighted by molar-refractivity contribution is 0.328. The van der Waals surface area contributed by atoms with Crippen molar-refractivity contribution in [3.05, 3.63) is 47.7 Å². The number of ether oxygens (including phenoxy) is 2. The molecule has 0 bridgehead atoms. The first kappa shape index (κ1) is 13.7. The summed E-state index contributed by atoms with van der Waals surface area (Å²) in [7, 11) is 0. The molecule has 4 heteroatoms. The third kappa shape index (κ3) is 2.94. The number of rotatable bonds is 5. The summed E-state index contributed by atoms with van der Waals surface area (Å²) in [6.45, 7) is 5.50. The number of benzene rings is 1. The van der Waals surface area contributed by atoms with Crippen LogP contribution in [0.15, 0.2) is 36.5 Å². The van der Waals surface area contributed by atoms with Gasteiger partial charge in [-0.1, -0.05) is 6.07 Å². The van der Waals surface area contributed by atoms with Crippen LogP contribution in [0.5, 0.6) is 11.6 Å². The van der Waals surface area contributed by atoms with Crippen molar-refractivity contribution in [1.29, 1.82) is 0 Å². The van der Waals surface area contributed by atoms with Gasteiger partial charge in [0.05, 0.1) is 18.9 Å². The van der Waals surface area contributed by atoms with Gasteiger partial charge < -0.3 is 14.8 Å². The molecule has 1 unspecified atom stereocenters. The molecular formula is C17H20N2O2. The second kappa shape index (κ2) is 6.04. The van der Waals surface area contributed by atoms with E-state index < -0.39 is 0 Å². The van der Waals surface area contributed by atoms with E-state index in [9.17, 15) is 0 Å². The molecule has 0 saturated carbocycles. The second-order valence-corrected chi connectivity index (χ2v) is 5.12. The number of nitrogens with one attached hydrogen (secondary N) is 1. The molecule has 1 atom stereocenters. The zero-order chi connectivity index (χ0) is 14.7. The highest BCUT2D eigenvalue weighted by Gasteiger charge is 2.15. The van der Waals surface area contributed by atoms with Gasteiger partial charge in [0, 0.05) is 18.7 Å². The van der Waals surface area contributed by atoms with Crippen LogP contribution in [0.3, 0.4) is 0 Å². The fourth-order valence-corrected chi connectivity index (χ4v) is 2.54. The minimum absolute atomic E-state index is 0.180. The fraction of sp³-hybridized carbons (Fsp3) is 0.353. The Bertz CT molecular complexity index is 628. The Morgan fingerprint density at radius 1 is 1.38 bits per heavy atom. The van der Waals surface area contributed by atoms with Crippen molar-refractivity contribution in [2.75, 3.05) is 18.5 Å². The summed E-state index contributed by atoms with van der Waals surface area (Å²) < 4.78 is 11.1. The predicted molar refractivity (Wildman–Crippen MR) is 83.1 cm³/mol. The Morgan fingerprint density at radius 3 is 3.14 bits per heavy atom. The van der Waals surface area contributed by atoms with Crippen LogP contribution >= 0.6 is 0 Å². The summed E-state index contributed by atoms with van der Waals surface area (Å²) in [4.78, 5) is 4.27. The molecule has 1 aromatic carbocycles. The summed E-state index contributed by atoms with van der Waals surface area (Å²) in [6.07, 6.45) is 2.74. The third-order valence-corrected chi connectivity index (χ3v) is 3.64. The van der Waals surface area contributed by atoms with Gasteiger partial charge in [0.15, 0.2) is 0 Å². The van der Waals surface area contributed by atoms with Crippen molar-refractivity contribution < 1.29 is 9.47 Å². The molecule has 0 saturated heterocycles. The quantitative estimate of drug-likeness (QED) is 0.911. The van der Waals surface area contributed by atoms with Crippen LogP contribution < -0.4 is 14.8 Å². The molecule has 0 amide bonds. The summed E-state index contributed by atoms with van der Waals surface area (Å²) >= 11 is 0. The zero-order valence-corrected chi connectivity index (χ0v) is 12.4. The summed E-state index contributed by atoms with van der Waals surface area (Å²) in [5.41, 5.74) is 3.45. The zero-order valence-electron chi connectivity index (χ0n) is 12.4. The van der Waals surface area contributed by atoms with Gasteiger partial charge in [-0.3, -0.25) is 0 Å². The van der Waals surface area contributed by atoms with Crippen molar-refractivity contribution >= 4 is 5.69 Å². The number of pyridine rings is 1. The monoisotopic (exact) mass is 284 g/mol. The van der Waals surface area contributed by atoms with Gasteiger partial charge in [-0.2, -0.15) is 0 Å². The number of hydrogen-bond donors (Lipinski definition) is 1. The van der Waals surface area contributed by atoms with E-state index in [-0.39, 0.29) is 6.04 Å². The van der Waals surface area contributed by atoms with Crippen LogP contribution in [0.2, 0.25) is 0 Å². The predicted octanol–water partition coefficient (Wildman–Crippen LogP) is 3.59. The van der Waals surface area contributed by atoms with Crippen LogP contribution in [-0.2, 0) is 6.42 Å². The normalized spacial score (nSPS) is 14.2. The molecule has 1 aliphatic heterocycles. The maximum absolute atomic E-state index is 5.55. The molecule has 1 aromatic heterocycles. The van der Waals surface area contributed by atoms with Gasteiger partial charge in [-0.15, -0.1) is 0 Å². The van der Waals surface area contributed by atoms with Gasteiger partial charge in [0.25, 0.3) is 0 Å². The van der Waals surface area contributed by atoms with Crippen LogP contribution in [0, 0.1) is 0 Å². The highest BCUT2D eigenvalue weighted by Crippen LogP contribution is 2.30. The topological polar surface area (TPSA) is 43.4 Å². The highest BCUT2D eigenvalue weighted by molar-refractivity contribution is 5.54. The van der Waals surface area contributed by atoms with Crippen molar-refractivity contribution in [3.8, 4) is 11.6 Å². The Kier molecular flexibility index (Phi) is 3.95. The summed E-state index contributed by atoms with van der Waals surface area (Å²) in [6, 6.07) is 10.5. The van der Waals surface area contributed by atoms with Gasteiger partial charge in [-0.25, -0.2) is 4.98 Å². The first-order valence-electron chi connectivity index (χ1n) is 7.38. The van der Waals surface area contributed by atoms with Gasteiger partial charge in [0.1, 0.15) is 5.75 Å². The largest absolute Gasteiger partial charge is 0.493 e. The van der Waals surface area contributed by atoms with Gasteiger partial charge in [0.2, 0.25) is 5.88 Å². The molecule has 21 heavy (non-hydrogen) atoms. The molecule has 3 rings (SSSR count). The molecule has 0 aliphatic carbocycles. The molecule has 110 valence electrons. The number of aromatic nitrogens is 1. The molecule has 2 aromatic rings. The number of nitrogens with zero attached hydrogens (tertiary/aromatic N) is 1. The lowest BCUT2D eigenvalue weighted by atomic mass is 10.0. The maximum atomic E-state index is 5.55. The SMILES string of the molecule is CCOc1ncccc1NC(C)c1ccc2c(c1)CCO2. The lowest BCUT2D eigenvalue weighted by Crippen LogP contribution is -2.09. The van der Waals surface area contributed by atoms with Crippen molar-refractivity contribution in [2.45, 2.75) is 26.3 Å². The number of hydrogen-bond acceptors (Lipinski definition) is 4. The second-order valence-electron chi connectivity index (χ2n) is 5.12. The van der Waals surface area contributed by atoms with Crippen LogP contribution in [0.25, 0.3) is 0 Å². The molecular weight excluding hydrogens is 264 g/mol. The van der Waals surface area contributed by atoms with Crippen molar-refractivity contribution in [3.63, 3.8) is 0 Å². The minimum Gasteiger partial charge on any atom is -0.493 e. The molecule has 2 heterocycles. The van der Waals surface area contributed by atoms with E-state index in [1.807, 2.05) is 19.1 Å². The average Bonchev–Trinajstić information content (AvgIpc) is 2.97. The summed E-state index contributed by atoms with van der Waals surface area (Å²) in [5, 5.41) is 3.47. The lowest BCUT2D eigenvalue weighted by Gasteiger charge is -2.18. The minimum atomic E-state index is 0.180. The van der Waals surface area contributed by atoms with Crippen LogP contribution in [0.4, 0.5) is 5.69 Å². The van der Waals surface area contributed by atoms with Crippen LogP contribution in [-0.4, -0.2) is 18.2 Å². The fourth-order valence-electron chi connectivity index (χ4n) is 2.54. The van der Waals surface area contributed by atoms with E-state index >= 15 is 0 Å². The Morgan fingerprint density at radius 2 is 2.29 bits per heavy atom. The Hall–Kier alpha value is -2.23. The Balaban J connectivity index is 1.78. The molecule has 0 spiro atoms. The first-order valence-corrected chi connectivity index (χ1v) is 7.38. The molecule has 1 aliphatic rings. The molecule has 4 nitrogen and oxygen atoms in total. The third-order valence-electron chi connectivity index (χ3n) is 3.64. The van der Waals surface area contributed by atoms with E-state index in [1.54, 1.807) is 6.20 Å². The standard InChI is InChI=1S/C17H20N2O2/c1-3-20-17-15(5-4-9-18-17)19-12(2)13-6-7-16-14(11-13)8-10-21-16/h4-7,9,11-12,19H,3,8,10H2,1-2H3. The van der Waals surface area contributed by atoms with Crippen molar-refractivity contribution in [2.24, 2.45) is 0 Å². The average molecular weight is 284 g/mol. The van der Waals surface area contributed by atoms with E-state index in [0.717, 1.165) is 24.5 Å². The highest BCUT2D eigenvalue weighted by atomic mass is 16.5. The Labute approximate surface area is 125 Å². The van der Waals surface area contributed by atoms with Gasteiger partial charge in [-0.05, 0) is 49.2 Å². The van der Waals surface area contributed by atoms with E-state index in [0.29, 0.717) is 12.5 Å². The maximum Gasteiger partial charge on any atom is 0.237 e. The first-order chi connectivity index (χ1) is 10.3. The molecule has 0 fully saturated rings. The van der Waals surface area contributed by atoms with E-state index in [2.05, 4.69) is 35.4 Å². The smallest absolute Gasteiger partial charge is 0.237 e.